The predicted octanol–water partition coefficient (Wildman–Crippen LogP) is 1.09. The summed E-state index contributed by atoms with van der Waals surface area (Å²) in [6.07, 6.45) is 3.47. The van der Waals surface area contributed by atoms with E-state index in [-0.39, 0.29) is 0 Å². The van der Waals surface area contributed by atoms with Gasteiger partial charge in [0.25, 0.3) is 0 Å². The van der Waals surface area contributed by atoms with Crippen LogP contribution in [-0.4, -0.2) is 9.97 Å². The van der Waals surface area contributed by atoms with E-state index in [4.69, 9.17) is 0 Å². The number of anilines is 1. The zero-order valence-corrected chi connectivity index (χ0v) is 6.10. The Morgan fingerprint density at radius 3 is 3.27 bits per heavy atom. The molecule has 0 amide bonds. The molecule has 0 aliphatic carbocycles. The minimum Gasteiger partial charge on any atom is -0.343 e. The Bertz CT molecular complexity index is 362. The van der Waals surface area contributed by atoms with Crippen LogP contribution in [0.4, 0.5) is 5.82 Å². The maximum absolute atomic E-state index is 4.04. The average Bonchev–Trinajstić information content (AvgIpc) is 2.38. The molecule has 1 aromatic heterocycles. The first-order valence-corrected chi connectivity index (χ1v) is 3.35. The van der Waals surface area contributed by atoms with Crippen molar-refractivity contribution >= 4 is 5.82 Å². The summed E-state index contributed by atoms with van der Waals surface area (Å²) in [4.78, 5) is 6.98. The summed E-state index contributed by atoms with van der Waals surface area (Å²) >= 11 is 0. The van der Waals surface area contributed by atoms with Crippen molar-refractivity contribution in [3.8, 4) is 11.8 Å². The van der Waals surface area contributed by atoms with Crippen LogP contribution < -0.4 is 5.32 Å². The van der Waals surface area contributed by atoms with Crippen LogP contribution in [0.3, 0.4) is 0 Å². The molecule has 2 N–H and O–H groups in total. The molecule has 0 atom stereocenters. The van der Waals surface area contributed by atoms with Crippen molar-refractivity contribution in [2.24, 2.45) is 0 Å². The largest absolute Gasteiger partial charge is 0.343 e. The van der Waals surface area contributed by atoms with E-state index in [0.29, 0.717) is 0 Å². The first-order valence-electron chi connectivity index (χ1n) is 3.35. The summed E-state index contributed by atoms with van der Waals surface area (Å²) in [5, 5.41) is 3.03. The van der Waals surface area contributed by atoms with E-state index in [9.17, 15) is 0 Å². The quantitative estimate of drug-likeness (QED) is 0.536. The van der Waals surface area contributed by atoms with Gasteiger partial charge in [-0.15, -0.1) is 0 Å². The molecule has 0 saturated heterocycles. The van der Waals surface area contributed by atoms with Gasteiger partial charge in [0.1, 0.15) is 5.69 Å². The highest BCUT2D eigenvalue weighted by Crippen LogP contribution is 2.10. The second-order valence-corrected chi connectivity index (χ2v) is 2.35. The van der Waals surface area contributed by atoms with E-state index >= 15 is 0 Å². The molecule has 0 fully saturated rings. The fourth-order valence-corrected chi connectivity index (χ4v) is 0.873. The van der Waals surface area contributed by atoms with Crippen LogP contribution >= 0.6 is 0 Å². The Kier molecular flexibility index (Phi) is 1.19. The van der Waals surface area contributed by atoms with E-state index in [1.54, 1.807) is 6.33 Å². The van der Waals surface area contributed by atoms with E-state index in [1.165, 1.54) is 0 Å². The highest BCUT2D eigenvalue weighted by atomic mass is 15.0. The zero-order valence-electron chi connectivity index (χ0n) is 6.10. The van der Waals surface area contributed by atoms with Gasteiger partial charge in [-0.05, 0) is 12.8 Å². The van der Waals surface area contributed by atoms with Crippen LogP contribution in [0.25, 0.3) is 0 Å². The van der Waals surface area contributed by atoms with Crippen molar-refractivity contribution in [3.05, 3.63) is 23.8 Å². The van der Waals surface area contributed by atoms with Crippen LogP contribution in [-0.2, 0) is 0 Å². The summed E-state index contributed by atoms with van der Waals surface area (Å²) in [5.74, 6) is 6.72. The molecule has 2 heterocycles. The Morgan fingerprint density at radius 2 is 2.36 bits per heavy atom. The summed E-state index contributed by atoms with van der Waals surface area (Å²) in [6, 6.07) is 0. The van der Waals surface area contributed by atoms with Gasteiger partial charge in [-0.2, -0.15) is 0 Å². The first-order chi connectivity index (χ1) is 5.36. The number of fused-ring (bicyclic) bond motifs is 1. The lowest BCUT2D eigenvalue weighted by atomic mass is 10.3. The third-order valence-electron chi connectivity index (χ3n) is 1.45. The number of H-pyrrole nitrogens is 1. The molecule has 0 radical (unpaired) electrons. The monoisotopic (exact) mass is 145 g/mol. The number of hydrogen-bond donors (Lipinski definition) is 2. The number of hydrogen-bond acceptors (Lipinski definition) is 2. The summed E-state index contributed by atoms with van der Waals surface area (Å²) in [7, 11) is 0. The van der Waals surface area contributed by atoms with Gasteiger partial charge in [0.2, 0.25) is 0 Å². The van der Waals surface area contributed by atoms with Gasteiger partial charge in [-0.1, -0.05) is 5.92 Å². The molecule has 0 bridgehead atoms. The third kappa shape index (κ3) is 0.987. The molecule has 3 nitrogen and oxygen atoms in total. The molecule has 0 unspecified atom stereocenters. The second-order valence-electron chi connectivity index (χ2n) is 2.35. The van der Waals surface area contributed by atoms with Crippen LogP contribution in [0.15, 0.2) is 18.1 Å². The first kappa shape index (κ1) is 6.05. The maximum atomic E-state index is 4.04. The van der Waals surface area contributed by atoms with Crippen molar-refractivity contribution in [3.63, 3.8) is 0 Å². The van der Waals surface area contributed by atoms with Crippen molar-refractivity contribution in [1.29, 1.82) is 0 Å². The number of nitrogens with zero attached hydrogens (tertiary/aromatic N) is 1. The molecule has 1 aliphatic rings. The summed E-state index contributed by atoms with van der Waals surface area (Å²) in [6.45, 7) is 1.95. The minimum absolute atomic E-state index is 0.800. The SMILES string of the molecule is CC1=CNc2nc[nH]c2C#C1. The maximum Gasteiger partial charge on any atom is 0.164 e. The Labute approximate surface area is 64.5 Å². The standard InChI is InChI=1S/C8H7N3/c1-6-2-3-7-8(9-4-6)11-5-10-7/h4-5,9H,1H3,(H,10,11). The lowest BCUT2D eigenvalue weighted by Crippen LogP contribution is -1.89. The number of rotatable bonds is 0. The molecule has 1 aromatic rings. The molecule has 0 spiro atoms. The summed E-state index contributed by atoms with van der Waals surface area (Å²) in [5.41, 5.74) is 1.86. The Morgan fingerprint density at radius 1 is 1.45 bits per heavy atom. The fourth-order valence-electron chi connectivity index (χ4n) is 0.873. The molecule has 2 rings (SSSR count). The van der Waals surface area contributed by atoms with Crippen molar-refractivity contribution < 1.29 is 0 Å². The number of nitrogens with one attached hydrogen (secondary N) is 2. The normalized spacial score (nSPS) is 13.4. The third-order valence-corrected chi connectivity index (χ3v) is 1.45. The lowest BCUT2D eigenvalue weighted by Gasteiger charge is -1.92. The number of aromatic nitrogens is 2. The lowest BCUT2D eigenvalue weighted by molar-refractivity contribution is 1.30. The average molecular weight is 145 g/mol. The van der Waals surface area contributed by atoms with Gasteiger partial charge in [-0.25, -0.2) is 4.98 Å². The van der Waals surface area contributed by atoms with Crippen LogP contribution in [0.1, 0.15) is 12.6 Å². The van der Waals surface area contributed by atoms with Crippen molar-refractivity contribution in [2.45, 2.75) is 6.92 Å². The number of aromatic amines is 1. The fraction of sp³-hybridized carbons (Fsp3) is 0.125. The highest BCUT2D eigenvalue weighted by molar-refractivity contribution is 5.56. The van der Waals surface area contributed by atoms with Crippen molar-refractivity contribution in [1.82, 2.24) is 9.97 Å². The molecule has 0 aromatic carbocycles. The highest BCUT2D eigenvalue weighted by Gasteiger charge is 2.01. The van der Waals surface area contributed by atoms with E-state index in [1.807, 2.05) is 13.1 Å². The van der Waals surface area contributed by atoms with Crippen LogP contribution in [0, 0.1) is 11.8 Å². The second kappa shape index (κ2) is 2.17. The van der Waals surface area contributed by atoms with Crippen LogP contribution in [0.2, 0.25) is 0 Å². The smallest absolute Gasteiger partial charge is 0.164 e. The van der Waals surface area contributed by atoms with Gasteiger partial charge in [0.15, 0.2) is 5.82 Å². The van der Waals surface area contributed by atoms with E-state index < -0.39 is 0 Å². The number of allylic oxidation sites excluding steroid dienone is 1. The number of imidazole rings is 1. The molecule has 1 aliphatic heterocycles. The molecular weight excluding hydrogens is 138 g/mol. The van der Waals surface area contributed by atoms with Gasteiger partial charge in [0.05, 0.1) is 6.33 Å². The zero-order chi connectivity index (χ0) is 7.68. The van der Waals surface area contributed by atoms with Gasteiger partial charge < -0.3 is 10.3 Å². The van der Waals surface area contributed by atoms with Crippen LogP contribution in [0.5, 0.6) is 0 Å². The predicted molar refractivity (Wildman–Crippen MR) is 42.8 cm³/mol. The molecular formula is C8H7N3. The molecule has 0 saturated carbocycles. The Balaban J connectivity index is 2.51. The van der Waals surface area contributed by atoms with Gasteiger partial charge in [0, 0.05) is 11.8 Å². The van der Waals surface area contributed by atoms with Gasteiger partial charge in [-0.3, -0.25) is 0 Å². The summed E-state index contributed by atoms with van der Waals surface area (Å²) < 4.78 is 0. The van der Waals surface area contributed by atoms with Crippen molar-refractivity contribution in [2.75, 3.05) is 5.32 Å². The minimum atomic E-state index is 0.800. The van der Waals surface area contributed by atoms with E-state index in [2.05, 4.69) is 27.1 Å². The topological polar surface area (TPSA) is 40.7 Å². The Hall–Kier alpha value is -1.69. The van der Waals surface area contributed by atoms with Gasteiger partial charge >= 0.3 is 0 Å². The molecule has 54 valence electrons. The molecule has 11 heavy (non-hydrogen) atoms. The van der Waals surface area contributed by atoms with E-state index in [0.717, 1.165) is 17.1 Å². The molecule has 3 heteroatoms.